The Labute approximate surface area is 108 Å². The third-order valence-corrected chi connectivity index (χ3v) is 2.40. The van der Waals surface area contributed by atoms with Gasteiger partial charge in [0.05, 0.1) is 12.8 Å². The second-order valence-electron chi connectivity index (χ2n) is 4.61. The van der Waals surface area contributed by atoms with Crippen LogP contribution in [0, 0.1) is 11.7 Å². The number of halogens is 1. The van der Waals surface area contributed by atoms with E-state index in [4.69, 9.17) is 4.74 Å². The van der Waals surface area contributed by atoms with E-state index in [1.807, 2.05) is 0 Å². The maximum atomic E-state index is 13.2. The summed E-state index contributed by atoms with van der Waals surface area (Å²) in [5, 5.41) is 6.42. The number of rotatable bonds is 8. The predicted molar refractivity (Wildman–Crippen MR) is 71.1 cm³/mol. The number of ether oxygens (including phenoxy) is 1. The van der Waals surface area contributed by atoms with Gasteiger partial charge in [0.15, 0.2) is 0 Å². The summed E-state index contributed by atoms with van der Waals surface area (Å²) in [7, 11) is 1.64. The van der Waals surface area contributed by atoms with Gasteiger partial charge in [-0.2, -0.15) is 0 Å². The number of aromatic nitrogens is 1. The van der Waals surface area contributed by atoms with Crippen molar-refractivity contribution in [3.63, 3.8) is 0 Å². The lowest BCUT2D eigenvalue weighted by Gasteiger charge is -2.12. The Balaban J connectivity index is 2.58. The Morgan fingerprint density at radius 2 is 2.22 bits per heavy atom. The Morgan fingerprint density at radius 3 is 2.89 bits per heavy atom. The minimum atomic E-state index is -0.311. The second kappa shape index (κ2) is 8.00. The molecule has 0 aliphatic carbocycles. The van der Waals surface area contributed by atoms with Crippen molar-refractivity contribution in [1.82, 2.24) is 10.3 Å². The van der Waals surface area contributed by atoms with Gasteiger partial charge in [-0.25, -0.2) is 9.37 Å². The molecule has 0 saturated heterocycles. The summed E-state index contributed by atoms with van der Waals surface area (Å²) in [6.45, 7) is 7.03. The summed E-state index contributed by atoms with van der Waals surface area (Å²) in [6, 6.07) is 1.51. The molecule has 0 bridgehead atoms. The van der Waals surface area contributed by atoms with Crippen LogP contribution in [0.1, 0.15) is 19.4 Å². The van der Waals surface area contributed by atoms with E-state index in [2.05, 4.69) is 29.5 Å². The van der Waals surface area contributed by atoms with Crippen LogP contribution in [0.3, 0.4) is 0 Å². The quantitative estimate of drug-likeness (QED) is 0.698. The molecule has 0 atom stereocenters. The monoisotopic (exact) mass is 255 g/mol. The first-order valence-electron chi connectivity index (χ1n) is 6.21. The summed E-state index contributed by atoms with van der Waals surface area (Å²) in [4.78, 5) is 4.07. The first-order valence-corrected chi connectivity index (χ1v) is 6.21. The third-order valence-electron chi connectivity index (χ3n) is 2.40. The molecule has 0 aromatic carbocycles. The molecule has 0 aliphatic heterocycles. The number of hydrogen-bond acceptors (Lipinski definition) is 4. The highest BCUT2D eigenvalue weighted by Gasteiger charge is 2.05. The highest BCUT2D eigenvalue weighted by atomic mass is 19.1. The number of nitrogens with one attached hydrogen (secondary N) is 2. The molecule has 1 heterocycles. The number of nitrogens with zero attached hydrogens (tertiary/aromatic N) is 1. The zero-order valence-electron chi connectivity index (χ0n) is 11.3. The van der Waals surface area contributed by atoms with Gasteiger partial charge in [0, 0.05) is 25.8 Å². The van der Waals surface area contributed by atoms with E-state index in [0.29, 0.717) is 31.4 Å². The van der Waals surface area contributed by atoms with Crippen LogP contribution in [-0.2, 0) is 11.3 Å². The van der Waals surface area contributed by atoms with Crippen LogP contribution in [0.25, 0.3) is 0 Å². The second-order valence-corrected chi connectivity index (χ2v) is 4.61. The predicted octanol–water partition coefficient (Wildman–Crippen LogP) is 2.02. The zero-order chi connectivity index (χ0) is 13.4. The van der Waals surface area contributed by atoms with E-state index in [9.17, 15) is 4.39 Å². The largest absolute Gasteiger partial charge is 0.383 e. The molecule has 2 N–H and O–H groups in total. The van der Waals surface area contributed by atoms with Gasteiger partial charge in [0.1, 0.15) is 11.6 Å². The van der Waals surface area contributed by atoms with E-state index < -0.39 is 0 Å². The molecule has 0 aliphatic rings. The molecule has 5 heteroatoms. The molecule has 0 spiro atoms. The van der Waals surface area contributed by atoms with Gasteiger partial charge in [-0.05, 0) is 18.5 Å². The van der Waals surface area contributed by atoms with Gasteiger partial charge in [0.25, 0.3) is 0 Å². The van der Waals surface area contributed by atoms with E-state index >= 15 is 0 Å². The van der Waals surface area contributed by atoms with Crippen molar-refractivity contribution >= 4 is 5.82 Å². The minimum Gasteiger partial charge on any atom is -0.383 e. The molecule has 18 heavy (non-hydrogen) atoms. The first kappa shape index (κ1) is 14.9. The Bertz CT molecular complexity index is 358. The maximum Gasteiger partial charge on any atom is 0.141 e. The van der Waals surface area contributed by atoms with Gasteiger partial charge in [-0.15, -0.1) is 0 Å². The molecule has 0 radical (unpaired) electrons. The average Bonchev–Trinajstić information content (AvgIpc) is 2.31. The van der Waals surface area contributed by atoms with Crippen LogP contribution in [0.2, 0.25) is 0 Å². The van der Waals surface area contributed by atoms with Crippen molar-refractivity contribution in [2.24, 2.45) is 5.92 Å². The zero-order valence-corrected chi connectivity index (χ0v) is 11.3. The fourth-order valence-corrected chi connectivity index (χ4v) is 1.54. The molecular formula is C13H22FN3O. The van der Waals surface area contributed by atoms with Crippen LogP contribution in [-0.4, -0.2) is 31.8 Å². The Kier molecular flexibility index (Phi) is 6.60. The summed E-state index contributed by atoms with van der Waals surface area (Å²) >= 11 is 0. The molecule has 102 valence electrons. The molecule has 1 aromatic heterocycles. The lowest BCUT2D eigenvalue weighted by molar-refractivity contribution is 0.210. The summed E-state index contributed by atoms with van der Waals surface area (Å²) in [6.07, 6.45) is 1.22. The van der Waals surface area contributed by atoms with Crippen molar-refractivity contribution in [2.45, 2.75) is 20.4 Å². The molecule has 0 saturated carbocycles. The third kappa shape index (κ3) is 5.42. The van der Waals surface area contributed by atoms with E-state index in [1.165, 1.54) is 12.3 Å². The maximum absolute atomic E-state index is 13.2. The van der Waals surface area contributed by atoms with Gasteiger partial charge in [-0.1, -0.05) is 13.8 Å². The smallest absolute Gasteiger partial charge is 0.141 e. The lowest BCUT2D eigenvalue weighted by Crippen LogP contribution is -2.20. The number of hydrogen-bond donors (Lipinski definition) is 2. The Hall–Kier alpha value is -1.20. The Morgan fingerprint density at radius 1 is 1.44 bits per heavy atom. The van der Waals surface area contributed by atoms with Crippen molar-refractivity contribution in [1.29, 1.82) is 0 Å². The van der Waals surface area contributed by atoms with Crippen LogP contribution < -0.4 is 10.6 Å². The normalized spacial score (nSPS) is 10.9. The van der Waals surface area contributed by atoms with Crippen molar-refractivity contribution in [2.75, 3.05) is 32.1 Å². The van der Waals surface area contributed by atoms with Gasteiger partial charge in [-0.3, -0.25) is 0 Å². The molecule has 1 rings (SSSR count). The van der Waals surface area contributed by atoms with Gasteiger partial charge < -0.3 is 15.4 Å². The van der Waals surface area contributed by atoms with Crippen LogP contribution >= 0.6 is 0 Å². The fraction of sp³-hybridized carbons (Fsp3) is 0.615. The summed E-state index contributed by atoms with van der Waals surface area (Å²) < 4.78 is 18.1. The first-order chi connectivity index (χ1) is 8.63. The SMILES string of the molecule is COCCNc1ncc(F)cc1CNCC(C)C. The van der Waals surface area contributed by atoms with E-state index in [-0.39, 0.29) is 5.82 Å². The van der Waals surface area contributed by atoms with Gasteiger partial charge in [0.2, 0.25) is 0 Å². The molecule has 0 amide bonds. The molecule has 4 nitrogen and oxygen atoms in total. The molecule has 0 fully saturated rings. The average molecular weight is 255 g/mol. The summed E-state index contributed by atoms with van der Waals surface area (Å²) in [5.74, 6) is 0.967. The summed E-state index contributed by atoms with van der Waals surface area (Å²) in [5.41, 5.74) is 0.840. The topological polar surface area (TPSA) is 46.2 Å². The molecule has 1 aromatic rings. The number of anilines is 1. The fourth-order valence-electron chi connectivity index (χ4n) is 1.54. The number of methoxy groups -OCH3 is 1. The van der Waals surface area contributed by atoms with Crippen LogP contribution in [0.15, 0.2) is 12.3 Å². The van der Waals surface area contributed by atoms with Crippen molar-refractivity contribution < 1.29 is 9.13 Å². The lowest BCUT2D eigenvalue weighted by atomic mass is 10.2. The van der Waals surface area contributed by atoms with E-state index in [0.717, 1.165) is 12.1 Å². The van der Waals surface area contributed by atoms with Crippen molar-refractivity contribution in [3.05, 3.63) is 23.6 Å². The van der Waals surface area contributed by atoms with Gasteiger partial charge >= 0.3 is 0 Å². The standard InChI is InChI=1S/C13H22FN3O/c1-10(2)7-15-8-11-6-12(14)9-17-13(11)16-4-5-18-3/h6,9-10,15H,4-5,7-8H2,1-3H3,(H,16,17). The number of pyridine rings is 1. The highest BCUT2D eigenvalue weighted by molar-refractivity contribution is 5.43. The highest BCUT2D eigenvalue weighted by Crippen LogP contribution is 2.13. The minimum absolute atomic E-state index is 0.311. The van der Waals surface area contributed by atoms with Crippen molar-refractivity contribution in [3.8, 4) is 0 Å². The molecule has 0 unspecified atom stereocenters. The van der Waals surface area contributed by atoms with E-state index in [1.54, 1.807) is 7.11 Å². The molecular weight excluding hydrogens is 233 g/mol. The van der Waals surface area contributed by atoms with Crippen LogP contribution in [0.5, 0.6) is 0 Å². The van der Waals surface area contributed by atoms with Crippen LogP contribution in [0.4, 0.5) is 10.2 Å².